The average molecular weight is 307 g/mol. The van der Waals surface area contributed by atoms with Gasteiger partial charge in [-0.1, -0.05) is 48.0 Å². The van der Waals surface area contributed by atoms with Gasteiger partial charge in [0.25, 0.3) is 0 Å². The van der Waals surface area contributed by atoms with Crippen molar-refractivity contribution >= 4 is 16.9 Å². The number of para-hydroxylation sites is 1. The third-order valence-electron chi connectivity index (χ3n) is 3.84. The van der Waals surface area contributed by atoms with Gasteiger partial charge in [-0.25, -0.2) is 0 Å². The molecule has 1 N–H and O–H groups in total. The van der Waals surface area contributed by atoms with E-state index in [9.17, 15) is 4.79 Å². The highest BCUT2D eigenvalue weighted by molar-refractivity contribution is 5.79. The lowest BCUT2D eigenvalue weighted by Gasteiger charge is -2.12. The van der Waals surface area contributed by atoms with Crippen molar-refractivity contribution in [2.45, 2.75) is 32.7 Å². The standard InChI is InChI=1S/C20H21NO2/c1-14-6-5-7-16(10-14)12-20(22)21-15(2)11-18-13-17-8-3-4-9-19(17)23-18/h3-10,13,15H,11-12H2,1-2H3,(H,21,22). The molecule has 118 valence electrons. The van der Waals surface area contributed by atoms with E-state index in [4.69, 9.17) is 4.42 Å². The average Bonchev–Trinajstić information content (AvgIpc) is 2.88. The Labute approximate surface area is 136 Å². The molecule has 0 spiro atoms. The van der Waals surface area contributed by atoms with Crippen molar-refractivity contribution < 1.29 is 9.21 Å². The van der Waals surface area contributed by atoms with Gasteiger partial charge in [0.15, 0.2) is 0 Å². The van der Waals surface area contributed by atoms with Crippen LogP contribution in [-0.4, -0.2) is 11.9 Å². The van der Waals surface area contributed by atoms with Gasteiger partial charge in [0, 0.05) is 17.8 Å². The lowest BCUT2D eigenvalue weighted by atomic mass is 10.1. The topological polar surface area (TPSA) is 42.2 Å². The Morgan fingerprint density at radius 3 is 2.74 bits per heavy atom. The molecule has 1 amide bonds. The van der Waals surface area contributed by atoms with Crippen LogP contribution in [0.3, 0.4) is 0 Å². The maximum absolute atomic E-state index is 12.2. The third-order valence-corrected chi connectivity index (χ3v) is 3.84. The zero-order chi connectivity index (χ0) is 16.2. The Hall–Kier alpha value is -2.55. The van der Waals surface area contributed by atoms with Crippen molar-refractivity contribution in [1.29, 1.82) is 0 Å². The lowest BCUT2D eigenvalue weighted by Crippen LogP contribution is -2.35. The van der Waals surface area contributed by atoms with Crippen molar-refractivity contribution in [3.63, 3.8) is 0 Å². The molecule has 1 heterocycles. The van der Waals surface area contributed by atoms with Crippen LogP contribution in [0.2, 0.25) is 0 Å². The molecule has 1 atom stereocenters. The van der Waals surface area contributed by atoms with Crippen molar-refractivity contribution in [3.05, 3.63) is 71.5 Å². The van der Waals surface area contributed by atoms with Crippen LogP contribution in [-0.2, 0) is 17.6 Å². The largest absolute Gasteiger partial charge is 0.461 e. The molecule has 0 aliphatic carbocycles. The summed E-state index contributed by atoms with van der Waals surface area (Å²) < 4.78 is 5.80. The van der Waals surface area contributed by atoms with E-state index in [2.05, 4.69) is 5.32 Å². The van der Waals surface area contributed by atoms with Crippen LogP contribution >= 0.6 is 0 Å². The minimum absolute atomic E-state index is 0.0351. The molecule has 0 saturated heterocycles. The predicted octanol–water partition coefficient (Wildman–Crippen LogP) is 4.03. The molecule has 0 saturated carbocycles. The van der Waals surface area contributed by atoms with E-state index in [1.54, 1.807) is 0 Å². The van der Waals surface area contributed by atoms with E-state index >= 15 is 0 Å². The number of amides is 1. The number of nitrogens with one attached hydrogen (secondary N) is 1. The highest BCUT2D eigenvalue weighted by Gasteiger charge is 2.12. The van der Waals surface area contributed by atoms with Gasteiger partial charge in [-0.3, -0.25) is 4.79 Å². The summed E-state index contributed by atoms with van der Waals surface area (Å²) in [5, 5.41) is 4.14. The SMILES string of the molecule is Cc1cccc(CC(=O)NC(C)Cc2cc3ccccc3o2)c1. The van der Waals surface area contributed by atoms with Crippen LogP contribution in [0.15, 0.2) is 59.0 Å². The fraction of sp³-hybridized carbons (Fsp3) is 0.250. The molecule has 0 aliphatic rings. The predicted molar refractivity (Wildman–Crippen MR) is 92.4 cm³/mol. The fourth-order valence-corrected chi connectivity index (χ4v) is 2.82. The van der Waals surface area contributed by atoms with Crippen molar-refractivity contribution in [2.75, 3.05) is 0 Å². The number of hydrogen-bond donors (Lipinski definition) is 1. The summed E-state index contributed by atoms with van der Waals surface area (Å²) in [4.78, 5) is 12.2. The summed E-state index contributed by atoms with van der Waals surface area (Å²) in [5.41, 5.74) is 3.10. The van der Waals surface area contributed by atoms with Crippen LogP contribution in [0, 0.1) is 6.92 Å². The molecular weight excluding hydrogens is 286 g/mol. The molecule has 2 aromatic carbocycles. The Bertz CT molecular complexity index is 786. The van der Waals surface area contributed by atoms with Gasteiger partial charge in [0.2, 0.25) is 5.91 Å². The van der Waals surface area contributed by atoms with Gasteiger partial charge in [0.1, 0.15) is 11.3 Å². The molecule has 3 aromatic rings. The summed E-state index contributed by atoms with van der Waals surface area (Å²) in [7, 11) is 0. The minimum Gasteiger partial charge on any atom is -0.461 e. The molecule has 0 bridgehead atoms. The van der Waals surface area contributed by atoms with Crippen LogP contribution in [0.4, 0.5) is 0 Å². The van der Waals surface area contributed by atoms with Crippen LogP contribution in [0.25, 0.3) is 11.0 Å². The summed E-state index contributed by atoms with van der Waals surface area (Å²) in [6, 6.07) is 18.1. The van der Waals surface area contributed by atoms with E-state index in [0.29, 0.717) is 12.8 Å². The van der Waals surface area contributed by atoms with E-state index in [-0.39, 0.29) is 11.9 Å². The lowest BCUT2D eigenvalue weighted by molar-refractivity contribution is -0.121. The maximum atomic E-state index is 12.2. The summed E-state index contributed by atoms with van der Waals surface area (Å²) >= 11 is 0. The normalized spacial score (nSPS) is 12.3. The van der Waals surface area contributed by atoms with E-state index in [1.165, 1.54) is 5.56 Å². The second-order valence-corrected chi connectivity index (χ2v) is 6.09. The number of carbonyl (C=O) groups is 1. The van der Waals surface area contributed by atoms with Gasteiger partial charge < -0.3 is 9.73 Å². The van der Waals surface area contributed by atoms with Gasteiger partial charge in [0.05, 0.1) is 6.42 Å². The van der Waals surface area contributed by atoms with Gasteiger partial charge in [-0.2, -0.15) is 0 Å². The highest BCUT2D eigenvalue weighted by atomic mass is 16.3. The molecule has 0 fully saturated rings. The molecule has 3 heteroatoms. The van der Waals surface area contributed by atoms with Crippen molar-refractivity contribution in [2.24, 2.45) is 0 Å². The first kappa shape index (κ1) is 15.3. The summed E-state index contributed by atoms with van der Waals surface area (Å²) in [5.74, 6) is 0.939. The second kappa shape index (κ2) is 6.69. The van der Waals surface area contributed by atoms with Crippen LogP contribution in [0.1, 0.15) is 23.8 Å². The number of carbonyl (C=O) groups excluding carboxylic acids is 1. The number of fused-ring (bicyclic) bond motifs is 1. The first-order chi connectivity index (χ1) is 11.1. The molecular formula is C20H21NO2. The highest BCUT2D eigenvalue weighted by Crippen LogP contribution is 2.19. The van der Waals surface area contributed by atoms with E-state index in [1.807, 2.05) is 68.4 Å². The Kier molecular flexibility index (Phi) is 4.47. The molecule has 1 unspecified atom stereocenters. The van der Waals surface area contributed by atoms with Gasteiger partial charge in [-0.05, 0) is 31.5 Å². The molecule has 23 heavy (non-hydrogen) atoms. The Balaban J connectivity index is 1.58. The quantitative estimate of drug-likeness (QED) is 0.773. The number of rotatable bonds is 5. The molecule has 1 aromatic heterocycles. The number of benzene rings is 2. The zero-order valence-corrected chi connectivity index (χ0v) is 13.5. The number of aryl methyl sites for hydroxylation is 1. The second-order valence-electron chi connectivity index (χ2n) is 6.09. The Morgan fingerprint density at radius 2 is 1.96 bits per heavy atom. The fourth-order valence-electron chi connectivity index (χ4n) is 2.82. The first-order valence-electron chi connectivity index (χ1n) is 7.92. The van der Waals surface area contributed by atoms with Crippen LogP contribution < -0.4 is 5.32 Å². The summed E-state index contributed by atoms with van der Waals surface area (Å²) in [6.45, 7) is 4.03. The molecule has 0 aliphatic heterocycles. The van der Waals surface area contributed by atoms with Crippen molar-refractivity contribution in [3.8, 4) is 0 Å². The first-order valence-corrected chi connectivity index (χ1v) is 7.92. The molecule has 3 rings (SSSR count). The van der Waals surface area contributed by atoms with Crippen molar-refractivity contribution in [1.82, 2.24) is 5.32 Å². The zero-order valence-electron chi connectivity index (χ0n) is 13.5. The van der Waals surface area contributed by atoms with Gasteiger partial charge in [-0.15, -0.1) is 0 Å². The molecule has 0 radical (unpaired) electrons. The number of hydrogen-bond acceptors (Lipinski definition) is 2. The third kappa shape index (κ3) is 4.01. The van der Waals surface area contributed by atoms with Crippen LogP contribution in [0.5, 0.6) is 0 Å². The monoisotopic (exact) mass is 307 g/mol. The van der Waals surface area contributed by atoms with Gasteiger partial charge >= 0.3 is 0 Å². The maximum Gasteiger partial charge on any atom is 0.224 e. The summed E-state index contributed by atoms with van der Waals surface area (Å²) in [6.07, 6.45) is 1.10. The van der Waals surface area contributed by atoms with E-state index < -0.39 is 0 Å². The minimum atomic E-state index is 0.0351. The Morgan fingerprint density at radius 1 is 1.13 bits per heavy atom. The van der Waals surface area contributed by atoms with E-state index in [0.717, 1.165) is 22.3 Å². The smallest absolute Gasteiger partial charge is 0.224 e. The number of furan rings is 1. The molecule has 3 nitrogen and oxygen atoms in total.